The van der Waals surface area contributed by atoms with E-state index in [9.17, 15) is 19.7 Å². The van der Waals surface area contributed by atoms with Crippen LogP contribution in [-0.2, 0) is 20.7 Å². The summed E-state index contributed by atoms with van der Waals surface area (Å²) in [6, 6.07) is 10.4. The molecule has 0 heterocycles. The van der Waals surface area contributed by atoms with Crippen molar-refractivity contribution < 1.29 is 19.2 Å². The summed E-state index contributed by atoms with van der Waals surface area (Å²) in [6.45, 7) is 1.37. The molecular weight excluding hydrogens is 383 g/mol. The summed E-state index contributed by atoms with van der Waals surface area (Å²) in [7, 11) is 0. The number of esters is 1. The van der Waals surface area contributed by atoms with Gasteiger partial charge in [0, 0.05) is 6.07 Å². The van der Waals surface area contributed by atoms with Gasteiger partial charge in [-0.05, 0) is 30.7 Å². The Bertz CT molecular complexity index is 857. The molecule has 0 saturated heterocycles. The first-order chi connectivity index (χ1) is 12.3. The first-order valence-electron chi connectivity index (χ1n) is 7.45. The highest BCUT2D eigenvalue weighted by Crippen LogP contribution is 2.24. The number of amides is 1. The van der Waals surface area contributed by atoms with Crippen LogP contribution in [-0.4, -0.2) is 22.9 Å². The Labute approximate surface area is 159 Å². The van der Waals surface area contributed by atoms with Crippen molar-refractivity contribution in [2.45, 2.75) is 19.4 Å². The Kier molecular flexibility index (Phi) is 6.54. The number of carbonyl (C=O) groups is 2. The quantitative estimate of drug-likeness (QED) is 0.451. The fraction of sp³-hybridized carbons (Fsp3) is 0.176. The SMILES string of the molecule is C[C@H](OC(=O)Cc1ccc(Cl)c(Cl)c1)C(=O)Nc1ccccc1[N+](=O)[O-]. The molecule has 0 aromatic heterocycles. The first-order valence-corrected chi connectivity index (χ1v) is 8.21. The molecule has 2 rings (SSSR count). The molecule has 0 fully saturated rings. The number of benzene rings is 2. The molecule has 1 N–H and O–H groups in total. The average Bonchev–Trinajstić information content (AvgIpc) is 2.58. The highest BCUT2D eigenvalue weighted by Gasteiger charge is 2.21. The van der Waals surface area contributed by atoms with Crippen LogP contribution in [0.1, 0.15) is 12.5 Å². The van der Waals surface area contributed by atoms with Crippen molar-refractivity contribution in [3.63, 3.8) is 0 Å². The zero-order valence-corrected chi connectivity index (χ0v) is 15.1. The average molecular weight is 397 g/mol. The molecule has 0 radical (unpaired) electrons. The highest BCUT2D eigenvalue weighted by atomic mass is 35.5. The molecule has 0 unspecified atom stereocenters. The van der Waals surface area contributed by atoms with E-state index in [1.807, 2.05) is 0 Å². The second-order valence-electron chi connectivity index (χ2n) is 5.32. The summed E-state index contributed by atoms with van der Waals surface area (Å²) >= 11 is 11.7. The van der Waals surface area contributed by atoms with Gasteiger partial charge in [-0.1, -0.05) is 41.4 Å². The Morgan fingerprint density at radius 2 is 1.88 bits per heavy atom. The Morgan fingerprint density at radius 3 is 2.54 bits per heavy atom. The molecule has 1 amide bonds. The summed E-state index contributed by atoms with van der Waals surface area (Å²) in [5, 5.41) is 14.0. The fourth-order valence-electron chi connectivity index (χ4n) is 2.08. The lowest BCUT2D eigenvalue weighted by Gasteiger charge is -2.13. The lowest BCUT2D eigenvalue weighted by atomic mass is 10.1. The number of hydrogen-bond acceptors (Lipinski definition) is 5. The molecule has 136 valence electrons. The Morgan fingerprint density at radius 1 is 1.19 bits per heavy atom. The third kappa shape index (κ3) is 5.18. The van der Waals surface area contributed by atoms with E-state index in [0.717, 1.165) is 0 Å². The summed E-state index contributed by atoms with van der Waals surface area (Å²) in [5.41, 5.74) is 0.348. The standard InChI is InChI=1S/C17H14Cl2N2O5/c1-10(17(23)20-14-4-2-3-5-15(14)21(24)25)26-16(22)9-11-6-7-12(18)13(19)8-11/h2-8,10H,9H2,1H3,(H,20,23)/t10-/m0/s1. The highest BCUT2D eigenvalue weighted by molar-refractivity contribution is 6.42. The summed E-state index contributed by atoms with van der Waals surface area (Å²) in [6.07, 6.45) is -1.23. The van der Waals surface area contributed by atoms with Crippen LogP contribution < -0.4 is 5.32 Å². The van der Waals surface area contributed by atoms with Gasteiger partial charge in [-0.2, -0.15) is 0 Å². The minimum absolute atomic E-state index is 0.0230. The van der Waals surface area contributed by atoms with Gasteiger partial charge in [-0.3, -0.25) is 19.7 Å². The molecule has 2 aromatic rings. The molecule has 26 heavy (non-hydrogen) atoms. The van der Waals surface area contributed by atoms with Crippen molar-refractivity contribution in [3.05, 3.63) is 68.2 Å². The third-order valence-electron chi connectivity index (χ3n) is 3.37. The summed E-state index contributed by atoms with van der Waals surface area (Å²) in [5.74, 6) is -1.32. The van der Waals surface area contributed by atoms with Crippen molar-refractivity contribution in [3.8, 4) is 0 Å². The number of rotatable bonds is 6. The van der Waals surface area contributed by atoms with E-state index in [0.29, 0.717) is 15.6 Å². The van der Waals surface area contributed by atoms with E-state index in [1.54, 1.807) is 18.2 Å². The monoisotopic (exact) mass is 396 g/mol. The van der Waals surface area contributed by atoms with Gasteiger partial charge in [-0.25, -0.2) is 0 Å². The van der Waals surface area contributed by atoms with Crippen LogP contribution >= 0.6 is 23.2 Å². The van der Waals surface area contributed by atoms with Gasteiger partial charge in [0.25, 0.3) is 11.6 Å². The summed E-state index contributed by atoms with van der Waals surface area (Å²) < 4.78 is 5.06. The van der Waals surface area contributed by atoms with Crippen LogP contribution in [0.15, 0.2) is 42.5 Å². The molecule has 0 aliphatic rings. The van der Waals surface area contributed by atoms with Crippen LogP contribution in [0.2, 0.25) is 10.0 Å². The molecular formula is C17H14Cl2N2O5. The summed E-state index contributed by atoms with van der Waals surface area (Å²) in [4.78, 5) is 34.4. The van der Waals surface area contributed by atoms with Crippen molar-refractivity contribution >= 4 is 46.5 Å². The molecule has 2 aromatic carbocycles. The first kappa shape index (κ1) is 19.7. The van der Waals surface area contributed by atoms with Crippen molar-refractivity contribution in [2.24, 2.45) is 0 Å². The molecule has 9 heteroatoms. The lowest BCUT2D eigenvalue weighted by Crippen LogP contribution is -2.30. The van der Waals surface area contributed by atoms with E-state index < -0.39 is 22.9 Å². The fourth-order valence-corrected chi connectivity index (χ4v) is 2.40. The van der Waals surface area contributed by atoms with E-state index in [4.69, 9.17) is 27.9 Å². The van der Waals surface area contributed by atoms with Gasteiger partial charge in [0.1, 0.15) is 5.69 Å². The van der Waals surface area contributed by atoms with Gasteiger partial charge < -0.3 is 10.1 Å². The molecule has 0 spiro atoms. The maximum atomic E-state index is 12.1. The predicted octanol–water partition coefficient (Wildman–Crippen LogP) is 4.01. The molecule has 1 atom stereocenters. The van der Waals surface area contributed by atoms with Crippen LogP contribution in [0.3, 0.4) is 0 Å². The predicted molar refractivity (Wildman–Crippen MR) is 97.4 cm³/mol. The molecule has 7 nitrogen and oxygen atoms in total. The maximum Gasteiger partial charge on any atom is 0.311 e. The van der Waals surface area contributed by atoms with Crippen LogP contribution in [0, 0.1) is 10.1 Å². The van der Waals surface area contributed by atoms with Gasteiger partial charge in [0.05, 0.1) is 21.4 Å². The molecule has 0 bridgehead atoms. The van der Waals surface area contributed by atoms with E-state index in [2.05, 4.69) is 5.32 Å². The maximum absolute atomic E-state index is 12.1. The Balaban J connectivity index is 1.97. The number of carbonyl (C=O) groups excluding carboxylic acids is 2. The van der Waals surface area contributed by atoms with E-state index >= 15 is 0 Å². The molecule has 0 aliphatic heterocycles. The number of nitro benzene ring substituents is 1. The third-order valence-corrected chi connectivity index (χ3v) is 4.11. The second kappa shape index (κ2) is 8.64. The zero-order valence-electron chi connectivity index (χ0n) is 13.6. The minimum Gasteiger partial charge on any atom is -0.452 e. The minimum atomic E-state index is -1.13. The second-order valence-corrected chi connectivity index (χ2v) is 6.14. The van der Waals surface area contributed by atoms with E-state index in [1.165, 1.54) is 31.2 Å². The number of para-hydroxylation sites is 2. The number of nitro groups is 1. The Hall–Kier alpha value is -2.64. The normalized spacial score (nSPS) is 11.5. The largest absolute Gasteiger partial charge is 0.452 e. The van der Waals surface area contributed by atoms with Gasteiger partial charge >= 0.3 is 5.97 Å². The van der Waals surface area contributed by atoms with Gasteiger partial charge in [0.2, 0.25) is 0 Å². The molecule has 0 aliphatic carbocycles. The number of halogens is 2. The number of ether oxygens (including phenoxy) is 1. The molecule has 0 saturated carbocycles. The van der Waals surface area contributed by atoms with Gasteiger partial charge in [0.15, 0.2) is 6.10 Å². The van der Waals surface area contributed by atoms with Crippen molar-refractivity contribution in [1.82, 2.24) is 0 Å². The van der Waals surface area contributed by atoms with Crippen molar-refractivity contribution in [2.75, 3.05) is 5.32 Å². The van der Waals surface area contributed by atoms with E-state index in [-0.39, 0.29) is 17.8 Å². The number of nitrogens with one attached hydrogen (secondary N) is 1. The van der Waals surface area contributed by atoms with Crippen LogP contribution in [0.5, 0.6) is 0 Å². The lowest BCUT2D eigenvalue weighted by molar-refractivity contribution is -0.383. The number of anilines is 1. The smallest absolute Gasteiger partial charge is 0.311 e. The van der Waals surface area contributed by atoms with Gasteiger partial charge in [-0.15, -0.1) is 0 Å². The zero-order chi connectivity index (χ0) is 19.3. The topological polar surface area (TPSA) is 98.5 Å². The number of hydrogen-bond donors (Lipinski definition) is 1. The van der Waals surface area contributed by atoms with Crippen LogP contribution in [0.25, 0.3) is 0 Å². The van der Waals surface area contributed by atoms with Crippen molar-refractivity contribution in [1.29, 1.82) is 0 Å². The van der Waals surface area contributed by atoms with Crippen LogP contribution in [0.4, 0.5) is 11.4 Å². The number of nitrogens with zero attached hydrogens (tertiary/aromatic N) is 1.